The highest BCUT2D eigenvalue weighted by atomic mass is 32.2. The Bertz CT molecular complexity index is 1120. The van der Waals surface area contributed by atoms with Crippen LogP contribution in [0.3, 0.4) is 0 Å². The number of aromatic hydroxyl groups is 1. The predicted octanol–water partition coefficient (Wildman–Crippen LogP) is 2.03. The number of amides is 2. The maximum atomic E-state index is 13.1. The van der Waals surface area contributed by atoms with E-state index >= 15 is 0 Å². The number of para-hydroxylation sites is 1. The Morgan fingerprint density at radius 3 is 2.09 bits per heavy atom. The fourth-order valence-electron chi connectivity index (χ4n) is 3.83. The zero-order chi connectivity index (χ0) is 24.2. The lowest BCUT2D eigenvalue weighted by Crippen LogP contribution is -2.50. The number of methoxy groups -OCH3 is 1. The molecule has 178 valence electrons. The first-order valence-corrected chi connectivity index (χ1v) is 12.2. The van der Waals surface area contributed by atoms with Crippen LogP contribution in [-0.4, -0.2) is 85.8 Å². The van der Waals surface area contributed by atoms with Crippen molar-refractivity contribution in [2.24, 2.45) is 0 Å². The number of sulfonamides is 1. The number of nitrogens with zero attached hydrogens (tertiary/aromatic N) is 3. The van der Waals surface area contributed by atoms with Gasteiger partial charge >= 0.3 is 0 Å². The molecule has 33 heavy (non-hydrogen) atoms. The predicted molar refractivity (Wildman–Crippen MR) is 123 cm³/mol. The van der Waals surface area contributed by atoms with Gasteiger partial charge in [0.15, 0.2) is 0 Å². The van der Waals surface area contributed by atoms with E-state index in [2.05, 4.69) is 0 Å². The van der Waals surface area contributed by atoms with Crippen molar-refractivity contribution in [1.29, 1.82) is 0 Å². The molecule has 1 aliphatic heterocycles. The zero-order valence-electron chi connectivity index (χ0n) is 19.0. The van der Waals surface area contributed by atoms with E-state index in [1.54, 1.807) is 47.9 Å². The molecule has 0 aliphatic carbocycles. The molecule has 0 spiro atoms. The van der Waals surface area contributed by atoms with Crippen molar-refractivity contribution < 1.29 is 27.9 Å². The molecule has 0 aromatic heterocycles. The molecule has 2 amide bonds. The van der Waals surface area contributed by atoms with Gasteiger partial charge in [-0.1, -0.05) is 26.0 Å². The lowest BCUT2D eigenvalue weighted by atomic mass is 10.1. The molecule has 1 N–H and O–H groups in total. The quantitative estimate of drug-likeness (QED) is 0.657. The molecule has 1 fully saturated rings. The van der Waals surface area contributed by atoms with Gasteiger partial charge in [0.1, 0.15) is 16.4 Å². The summed E-state index contributed by atoms with van der Waals surface area (Å²) in [6, 6.07) is 10.7. The number of ether oxygens (including phenoxy) is 1. The second kappa shape index (κ2) is 10.2. The molecule has 10 heteroatoms. The number of phenolic OH excluding ortho intramolecular Hbond substituents is 1. The van der Waals surface area contributed by atoms with E-state index in [0.29, 0.717) is 39.3 Å². The van der Waals surface area contributed by atoms with Crippen molar-refractivity contribution in [2.75, 3.05) is 46.4 Å². The second-order valence-electron chi connectivity index (χ2n) is 7.56. The highest BCUT2D eigenvalue weighted by Crippen LogP contribution is 2.28. The molecule has 1 saturated heterocycles. The zero-order valence-corrected chi connectivity index (χ0v) is 19.8. The lowest BCUT2D eigenvalue weighted by Gasteiger charge is -2.35. The molecular formula is C23H29N3O6S. The molecule has 2 aromatic carbocycles. The summed E-state index contributed by atoms with van der Waals surface area (Å²) < 4.78 is 32.7. The monoisotopic (exact) mass is 475 g/mol. The van der Waals surface area contributed by atoms with Crippen molar-refractivity contribution >= 4 is 21.8 Å². The third kappa shape index (κ3) is 4.96. The molecule has 0 unspecified atom stereocenters. The Balaban J connectivity index is 1.77. The first-order chi connectivity index (χ1) is 15.7. The van der Waals surface area contributed by atoms with Crippen molar-refractivity contribution in [3.63, 3.8) is 0 Å². The molecule has 1 heterocycles. The highest BCUT2D eigenvalue weighted by Gasteiger charge is 2.30. The van der Waals surface area contributed by atoms with Gasteiger partial charge in [0.25, 0.3) is 11.8 Å². The summed E-state index contributed by atoms with van der Waals surface area (Å²) in [5, 5.41) is 9.93. The van der Waals surface area contributed by atoms with Gasteiger partial charge in [-0.2, -0.15) is 4.31 Å². The summed E-state index contributed by atoms with van der Waals surface area (Å²) in [5.74, 6) is -0.515. The van der Waals surface area contributed by atoms with Crippen LogP contribution >= 0.6 is 0 Å². The summed E-state index contributed by atoms with van der Waals surface area (Å²) in [5.41, 5.74) is 0.459. The number of phenols is 1. The molecule has 0 atom stereocenters. The van der Waals surface area contributed by atoms with E-state index < -0.39 is 10.0 Å². The van der Waals surface area contributed by atoms with Crippen LogP contribution in [0.2, 0.25) is 0 Å². The third-order valence-electron chi connectivity index (χ3n) is 5.72. The van der Waals surface area contributed by atoms with Crippen LogP contribution in [0.5, 0.6) is 11.5 Å². The maximum absolute atomic E-state index is 13.1. The SMILES string of the molecule is CCN(CC)S(=O)(=O)c1cc(C(=O)N2CCN(C(=O)c3ccccc3O)CC2)ccc1OC. The molecular weight excluding hydrogens is 446 g/mol. The minimum Gasteiger partial charge on any atom is -0.507 e. The van der Waals surface area contributed by atoms with Gasteiger partial charge in [-0.3, -0.25) is 9.59 Å². The normalized spacial score (nSPS) is 14.4. The summed E-state index contributed by atoms with van der Waals surface area (Å²) >= 11 is 0. The Hall–Kier alpha value is -3.11. The number of hydrogen-bond acceptors (Lipinski definition) is 6. The number of piperazine rings is 1. The number of rotatable bonds is 7. The minimum atomic E-state index is -3.82. The molecule has 0 radical (unpaired) electrons. The molecule has 9 nitrogen and oxygen atoms in total. The first-order valence-electron chi connectivity index (χ1n) is 10.8. The van der Waals surface area contributed by atoms with Crippen molar-refractivity contribution in [3.8, 4) is 11.5 Å². The summed E-state index contributed by atoms with van der Waals surface area (Å²) in [6.07, 6.45) is 0. The number of benzene rings is 2. The molecule has 0 bridgehead atoms. The van der Waals surface area contributed by atoms with Gasteiger partial charge in [0.2, 0.25) is 10.0 Å². The van der Waals surface area contributed by atoms with Crippen LogP contribution in [-0.2, 0) is 10.0 Å². The fourth-order valence-corrected chi connectivity index (χ4v) is 5.47. The standard InChI is InChI=1S/C23H29N3O6S/c1-4-26(5-2)33(30,31)21-16-17(10-11-20(21)32-3)22(28)24-12-14-25(15-13-24)23(29)18-8-6-7-9-19(18)27/h6-11,16,27H,4-5,12-15H2,1-3H3. The lowest BCUT2D eigenvalue weighted by molar-refractivity contribution is 0.0533. The van der Waals surface area contributed by atoms with E-state index in [1.165, 1.54) is 29.6 Å². The number of carbonyl (C=O) groups excluding carboxylic acids is 2. The molecule has 1 aliphatic rings. The van der Waals surface area contributed by atoms with Crippen LogP contribution < -0.4 is 4.74 Å². The molecule has 3 rings (SSSR count). The molecule has 0 saturated carbocycles. The van der Waals surface area contributed by atoms with Crippen molar-refractivity contribution in [3.05, 3.63) is 53.6 Å². The highest BCUT2D eigenvalue weighted by molar-refractivity contribution is 7.89. The van der Waals surface area contributed by atoms with Crippen LogP contribution in [0, 0.1) is 0 Å². The Morgan fingerprint density at radius 1 is 0.970 bits per heavy atom. The minimum absolute atomic E-state index is 0.0482. The Labute approximate surface area is 194 Å². The summed E-state index contributed by atoms with van der Waals surface area (Å²) in [4.78, 5) is 28.9. The van der Waals surface area contributed by atoms with Gasteiger partial charge in [0, 0.05) is 44.8 Å². The fraction of sp³-hybridized carbons (Fsp3) is 0.391. The van der Waals surface area contributed by atoms with E-state index in [-0.39, 0.29) is 39.3 Å². The average molecular weight is 476 g/mol. The van der Waals surface area contributed by atoms with Crippen LogP contribution in [0.4, 0.5) is 0 Å². The largest absolute Gasteiger partial charge is 0.507 e. The van der Waals surface area contributed by atoms with E-state index in [9.17, 15) is 23.1 Å². The Morgan fingerprint density at radius 2 is 1.55 bits per heavy atom. The van der Waals surface area contributed by atoms with E-state index in [0.717, 1.165) is 0 Å². The van der Waals surface area contributed by atoms with E-state index in [1.807, 2.05) is 0 Å². The van der Waals surface area contributed by atoms with Gasteiger partial charge in [-0.05, 0) is 30.3 Å². The summed E-state index contributed by atoms with van der Waals surface area (Å²) in [7, 11) is -2.44. The van der Waals surface area contributed by atoms with Crippen LogP contribution in [0.25, 0.3) is 0 Å². The Kier molecular flexibility index (Phi) is 7.60. The van der Waals surface area contributed by atoms with E-state index in [4.69, 9.17) is 4.74 Å². The van der Waals surface area contributed by atoms with Crippen LogP contribution in [0.15, 0.2) is 47.4 Å². The number of carbonyl (C=O) groups is 2. The van der Waals surface area contributed by atoms with Crippen molar-refractivity contribution in [2.45, 2.75) is 18.7 Å². The maximum Gasteiger partial charge on any atom is 0.257 e. The topological polar surface area (TPSA) is 107 Å². The number of hydrogen-bond donors (Lipinski definition) is 1. The summed E-state index contributed by atoms with van der Waals surface area (Å²) in [6.45, 7) is 5.29. The van der Waals surface area contributed by atoms with Gasteiger partial charge in [-0.15, -0.1) is 0 Å². The first kappa shape index (κ1) is 24.5. The van der Waals surface area contributed by atoms with Crippen LogP contribution in [0.1, 0.15) is 34.6 Å². The van der Waals surface area contributed by atoms with Gasteiger partial charge < -0.3 is 19.6 Å². The smallest absolute Gasteiger partial charge is 0.257 e. The average Bonchev–Trinajstić information content (AvgIpc) is 2.83. The van der Waals surface area contributed by atoms with Gasteiger partial charge in [-0.25, -0.2) is 8.42 Å². The van der Waals surface area contributed by atoms with Gasteiger partial charge in [0.05, 0.1) is 12.7 Å². The molecule has 2 aromatic rings. The third-order valence-corrected chi connectivity index (χ3v) is 7.79. The second-order valence-corrected chi connectivity index (χ2v) is 9.46. The van der Waals surface area contributed by atoms with Crippen molar-refractivity contribution in [1.82, 2.24) is 14.1 Å².